The number of hydrogen-bond donors (Lipinski definition) is 0. The third-order valence-corrected chi connectivity index (χ3v) is 8.70. The standard InChI is InChI=1S/C31H41F3O/c1-3-22-5-11-25(12-6-22)26-15-9-24(10-16-26)20-31(33,34)35-21-29-18-17-28(19-30(29)32)27-13-7-23(4-2)8-14-27/h9-10,15-19,22-23,25,27H,3-8,11-14,20-21H2,1-2H3. The van der Waals surface area contributed by atoms with Crippen molar-refractivity contribution < 1.29 is 17.9 Å². The van der Waals surface area contributed by atoms with E-state index in [0.29, 0.717) is 17.4 Å². The Hall–Kier alpha value is -1.81. The Kier molecular flexibility index (Phi) is 8.97. The molecule has 35 heavy (non-hydrogen) atoms. The predicted molar refractivity (Wildman–Crippen MR) is 136 cm³/mol. The molecule has 0 radical (unpaired) electrons. The molecule has 0 aromatic heterocycles. The summed E-state index contributed by atoms with van der Waals surface area (Å²) < 4.78 is 48.7. The summed E-state index contributed by atoms with van der Waals surface area (Å²) >= 11 is 0. The summed E-state index contributed by atoms with van der Waals surface area (Å²) in [7, 11) is 0. The van der Waals surface area contributed by atoms with Gasteiger partial charge in [-0.25, -0.2) is 4.39 Å². The molecular weight excluding hydrogens is 445 g/mol. The van der Waals surface area contributed by atoms with Crippen molar-refractivity contribution in [1.82, 2.24) is 0 Å². The minimum Gasteiger partial charge on any atom is -0.315 e. The number of hydrogen-bond acceptors (Lipinski definition) is 1. The summed E-state index contributed by atoms with van der Waals surface area (Å²) in [6.45, 7) is 4.05. The van der Waals surface area contributed by atoms with Crippen LogP contribution in [0.15, 0.2) is 42.5 Å². The molecule has 1 nitrogen and oxygen atoms in total. The van der Waals surface area contributed by atoms with Gasteiger partial charge in [-0.1, -0.05) is 63.1 Å². The molecule has 0 spiro atoms. The lowest BCUT2D eigenvalue weighted by atomic mass is 9.78. The van der Waals surface area contributed by atoms with Crippen molar-refractivity contribution in [3.63, 3.8) is 0 Å². The number of alkyl halides is 2. The Morgan fingerprint density at radius 2 is 1.26 bits per heavy atom. The Morgan fingerprint density at radius 1 is 0.743 bits per heavy atom. The van der Waals surface area contributed by atoms with Gasteiger partial charge < -0.3 is 4.74 Å². The van der Waals surface area contributed by atoms with Crippen LogP contribution >= 0.6 is 0 Å². The van der Waals surface area contributed by atoms with Crippen molar-refractivity contribution in [3.05, 3.63) is 70.5 Å². The zero-order valence-electron chi connectivity index (χ0n) is 21.4. The molecule has 0 heterocycles. The first-order valence-corrected chi connectivity index (χ1v) is 13.8. The van der Waals surface area contributed by atoms with E-state index in [2.05, 4.69) is 13.8 Å². The van der Waals surface area contributed by atoms with Gasteiger partial charge >= 0.3 is 6.11 Å². The number of ether oxygens (including phenoxy) is 1. The van der Waals surface area contributed by atoms with E-state index in [-0.39, 0.29) is 5.56 Å². The summed E-state index contributed by atoms with van der Waals surface area (Å²) in [5.74, 6) is 2.08. The van der Waals surface area contributed by atoms with Crippen LogP contribution in [0.4, 0.5) is 13.2 Å². The Labute approximate surface area is 209 Å². The molecule has 4 rings (SSSR count). The quantitative estimate of drug-likeness (QED) is 0.343. The SMILES string of the molecule is CCC1CCC(c2ccc(CC(F)(F)OCc3ccc(C4CCC(CC)CC4)cc3F)cc2)CC1. The third kappa shape index (κ3) is 7.12. The summed E-state index contributed by atoms with van der Waals surface area (Å²) in [6.07, 6.45) is 7.99. The highest BCUT2D eigenvalue weighted by Crippen LogP contribution is 2.38. The molecule has 0 N–H and O–H groups in total. The Morgan fingerprint density at radius 3 is 1.77 bits per heavy atom. The minimum atomic E-state index is -3.34. The van der Waals surface area contributed by atoms with Gasteiger partial charge in [0.25, 0.3) is 0 Å². The van der Waals surface area contributed by atoms with Gasteiger partial charge in [0.2, 0.25) is 0 Å². The first kappa shape index (κ1) is 26.3. The van der Waals surface area contributed by atoms with Gasteiger partial charge in [0.05, 0.1) is 13.0 Å². The zero-order chi connectivity index (χ0) is 24.8. The fraction of sp³-hybridized carbons (Fsp3) is 0.613. The van der Waals surface area contributed by atoms with Crippen LogP contribution in [0.1, 0.15) is 112 Å². The molecule has 0 amide bonds. The summed E-state index contributed by atoms with van der Waals surface area (Å²) in [5.41, 5.74) is 2.96. The summed E-state index contributed by atoms with van der Waals surface area (Å²) in [5, 5.41) is 0. The maximum Gasteiger partial charge on any atom is 0.360 e. The Balaban J connectivity index is 1.28. The van der Waals surface area contributed by atoms with E-state index in [0.717, 1.165) is 30.2 Å². The van der Waals surface area contributed by atoms with Gasteiger partial charge in [0, 0.05) is 5.56 Å². The fourth-order valence-corrected chi connectivity index (χ4v) is 6.12. The monoisotopic (exact) mass is 486 g/mol. The van der Waals surface area contributed by atoms with Gasteiger partial charge in [0.15, 0.2) is 0 Å². The van der Waals surface area contributed by atoms with Gasteiger partial charge in [-0.05, 0) is 97.8 Å². The molecule has 2 aromatic carbocycles. The second-order valence-electron chi connectivity index (χ2n) is 10.9. The highest BCUT2D eigenvalue weighted by molar-refractivity contribution is 5.28. The maximum absolute atomic E-state index is 14.7. The summed E-state index contributed by atoms with van der Waals surface area (Å²) in [4.78, 5) is 0. The van der Waals surface area contributed by atoms with Crippen LogP contribution in [-0.4, -0.2) is 6.11 Å². The molecule has 2 aliphatic carbocycles. The normalized spacial score (nSPS) is 25.5. The van der Waals surface area contributed by atoms with Gasteiger partial charge in [-0.3, -0.25) is 0 Å². The topological polar surface area (TPSA) is 9.23 Å². The largest absolute Gasteiger partial charge is 0.360 e. The lowest BCUT2D eigenvalue weighted by Gasteiger charge is -2.28. The maximum atomic E-state index is 14.7. The molecule has 0 aliphatic heterocycles. The smallest absolute Gasteiger partial charge is 0.315 e. The van der Waals surface area contributed by atoms with Gasteiger partial charge in [-0.15, -0.1) is 0 Å². The molecule has 2 fully saturated rings. The van der Waals surface area contributed by atoms with Crippen LogP contribution in [0.2, 0.25) is 0 Å². The van der Waals surface area contributed by atoms with Crippen LogP contribution in [-0.2, 0) is 17.8 Å². The molecule has 192 valence electrons. The zero-order valence-corrected chi connectivity index (χ0v) is 21.4. The molecule has 2 aliphatic rings. The van der Waals surface area contributed by atoms with Crippen LogP contribution < -0.4 is 0 Å². The van der Waals surface area contributed by atoms with E-state index in [1.807, 2.05) is 18.2 Å². The highest BCUT2D eigenvalue weighted by atomic mass is 19.3. The average molecular weight is 487 g/mol. The number of halogens is 3. The molecular formula is C31H41F3O. The minimum absolute atomic E-state index is 0.189. The van der Waals surface area contributed by atoms with E-state index in [1.165, 1.54) is 63.0 Å². The molecule has 4 heteroatoms. The fourth-order valence-electron chi connectivity index (χ4n) is 6.12. The van der Waals surface area contributed by atoms with Crippen LogP contribution in [0.25, 0.3) is 0 Å². The van der Waals surface area contributed by atoms with Crippen molar-refractivity contribution in [1.29, 1.82) is 0 Å². The van der Waals surface area contributed by atoms with Crippen molar-refractivity contribution in [2.45, 2.75) is 109 Å². The number of benzene rings is 2. The van der Waals surface area contributed by atoms with E-state index in [4.69, 9.17) is 4.74 Å². The first-order valence-electron chi connectivity index (χ1n) is 13.8. The lowest BCUT2D eigenvalue weighted by Crippen LogP contribution is -2.24. The summed E-state index contributed by atoms with van der Waals surface area (Å²) in [6, 6.07) is 12.6. The third-order valence-electron chi connectivity index (χ3n) is 8.70. The van der Waals surface area contributed by atoms with Crippen molar-refractivity contribution in [2.24, 2.45) is 11.8 Å². The van der Waals surface area contributed by atoms with Crippen molar-refractivity contribution >= 4 is 0 Å². The first-order chi connectivity index (χ1) is 16.9. The highest BCUT2D eigenvalue weighted by Gasteiger charge is 2.31. The van der Waals surface area contributed by atoms with Gasteiger partial charge in [0.1, 0.15) is 5.82 Å². The van der Waals surface area contributed by atoms with E-state index >= 15 is 0 Å². The molecule has 0 bridgehead atoms. The van der Waals surface area contributed by atoms with E-state index in [9.17, 15) is 13.2 Å². The molecule has 2 aromatic rings. The van der Waals surface area contributed by atoms with Crippen LogP contribution in [0, 0.1) is 17.7 Å². The molecule has 2 saturated carbocycles. The predicted octanol–water partition coefficient (Wildman–Crippen LogP) is 9.55. The second kappa shape index (κ2) is 12.0. The molecule has 0 atom stereocenters. The van der Waals surface area contributed by atoms with Crippen molar-refractivity contribution in [3.8, 4) is 0 Å². The van der Waals surface area contributed by atoms with E-state index in [1.54, 1.807) is 18.2 Å². The average Bonchev–Trinajstić information content (AvgIpc) is 2.88. The van der Waals surface area contributed by atoms with Crippen LogP contribution in [0.3, 0.4) is 0 Å². The number of rotatable bonds is 9. The Bertz CT molecular complexity index is 923. The molecule has 0 saturated heterocycles. The molecule has 0 unspecified atom stereocenters. The van der Waals surface area contributed by atoms with E-state index < -0.39 is 25.0 Å². The van der Waals surface area contributed by atoms with Gasteiger partial charge in [-0.2, -0.15) is 8.78 Å². The van der Waals surface area contributed by atoms with Crippen LogP contribution in [0.5, 0.6) is 0 Å². The second-order valence-corrected chi connectivity index (χ2v) is 10.9. The van der Waals surface area contributed by atoms with Crippen molar-refractivity contribution in [2.75, 3.05) is 0 Å². The lowest BCUT2D eigenvalue weighted by molar-refractivity contribution is -0.244.